The molecule has 0 fully saturated rings. The van der Waals surface area contributed by atoms with Crippen molar-refractivity contribution in [3.05, 3.63) is 106 Å². The summed E-state index contributed by atoms with van der Waals surface area (Å²) in [5, 5.41) is 15.2. The van der Waals surface area contributed by atoms with Crippen molar-refractivity contribution in [2.24, 2.45) is 0 Å². The van der Waals surface area contributed by atoms with Crippen LogP contribution < -0.4 is 0 Å². The number of tetrazole rings is 1. The van der Waals surface area contributed by atoms with E-state index in [0.717, 1.165) is 58.8 Å². The van der Waals surface area contributed by atoms with E-state index in [4.69, 9.17) is 9.97 Å². The first-order chi connectivity index (χ1) is 17.0. The van der Waals surface area contributed by atoms with Crippen molar-refractivity contribution in [1.29, 1.82) is 0 Å². The molecule has 0 aliphatic heterocycles. The quantitative estimate of drug-likeness (QED) is 0.411. The first kappa shape index (κ1) is 21.4. The Hall–Kier alpha value is -4.13. The Morgan fingerprint density at radius 1 is 1.06 bits per heavy atom. The number of nitrogens with zero attached hydrogens (tertiary/aromatic N) is 6. The largest absolute Gasteiger partial charge is 0.308 e. The van der Waals surface area contributed by atoms with Crippen LogP contribution in [0, 0.1) is 13.8 Å². The summed E-state index contributed by atoms with van der Waals surface area (Å²) < 4.78 is 2.26. The van der Waals surface area contributed by atoms with Gasteiger partial charge in [-0.2, -0.15) is 5.21 Å². The van der Waals surface area contributed by atoms with E-state index in [1.54, 1.807) is 0 Å². The van der Waals surface area contributed by atoms with E-state index in [2.05, 4.69) is 94.1 Å². The fourth-order valence-electron chi connectivity index (χ4n) is 5.39. The van der Waals surface area contributed by atoms with Crippen molar-refractivity contribution in [3.8, 4) is 0 Å². The number of hydrogen-bond donors (Lipinski definition) is 1. The summed E-state index contributed by atoms with van der Waals surface area (Å²) in [5.74, 6) is 1.63. The molecule has 3 aromatic heterocycles. The van der Waals surface area contributed by atoms with Gasteiger partial charge >= 0.3 is 0 Å². The molecule has 3 heterocycles. The van der Waals surface area contributed by atoms with Crippen molar-refractivity contribution in [2.75, 3.05) is 0 Å². The number of fused-ring (bicyclic) bond motifs is 3. The zero-order valence-electron chi connectivity index (χ0n) is 20.2. The lowest BCUT2D eigenvalue weighted by Crippen LogP contribution is -2.10. The van der Waals surface area contributed by atoms with E-state index in [1.165, 1.54) is 22.3 Å². The fourth-order valence-corrected chi connectivity index (χ4v) is 5.39. The third-order valence-electron chi connectivity index (χ3n) is 6.95. The van der Waals surface area contributed by atoms with E-state index in [9.17, 15) is 0 Å². The minimum absolute atomic E-state index is 0.0968. The van der Waals surface area contributed by atoms with Crippen LogP contribution in [0.1, 0.15) is 63.6 Å². The van der Waals surface area contributed by atoms with Crippen molar-refractivity contribution in [2.45, 2.75) is 46.1 Å². The number of aromatic amines is 1. The maximum absolute atomic E-state index is 4.91. The molecule has 0 radical (unpaired) electrons. The second-order valence-corrected chi connectivity index (χ2v) is 9.32. The highest BCUT2D eigenvalue weighted by Gasteiger charge is 2.29. The summed E-state index contributed by atoms with van der Waals surface area (Å²) >= 11 is 0. The van der Waals surface area contributed by atoms with Crippen LogP contribution in [0.2, 0.25) is 0 Å². The third kappa shape index (κ3) is 3.55. The van der Waals surface area contributed by atoms with Crippen molar-refractivity contribution >= 4 is 16.7 Å². The fraction of sp³-hybridized carbons (Fsp3) is 0.250. The number of pyridine rings is 1. The van der Waals surface area contributed by atoms with Gasteiger partial charge in [0.25, 0.3) is 0 Å². The maximum Gasteiger partial charge on any atom is 0.186 e. The van der Waals surface area contributed by atoms with Crippen molar-refractivity contribution in [1.82, 2.24) is 35.2 Å². The topological polar surface area (TPSA) is 85.2 Å². The number of aryl methyl sites for hydroxylation is 3. The number of aromatic nitrogens is 7. The van der Waals surface area contributed by atoms with Gasteiger partial charge in [-0.15, -0.1) is 10.2 Å². The number of imidazole rings is 1. The molecule has 6 rings (SSSR count). The van der Waals surface area contributed by atoms with Gasteiger partial charge in [-0.05, 0) is 65.3 Å². The van der Waals surface area contributed by atoms with Crippen LogP contribution in [0.4, 0.5) is 0 Å². The minimum Gasteiger partial charge on any atom is -0.308 e. The predicted octanol–water partition coefficient (Wildman–Crippen LogP) is 4.92. The number of nitrogens with one attached hydrogen (secondary N) is 1. The highest BCUT2D eigenvalue weighted by atomic mass is 15.5. The zero-order chi connectivity index (χ0) is 24.1. The van der Waals surface area contributed by atoms with E-state index in [1.807, 2.05) is 6.92 Å². The van der Waals surface area contributed by atoms with Crippen LogP contribution in [0.15, 0.2) is 55.1 Å². The average molecular weight is 462 g/mol. The van der Waals surface area contributed by atoms with Crippen LogP contribution in [0.25, 0.3) is 16.7 Å². The van der Waals surface area contributed by atoms with Gasteiger partial charge in [0, 0.05) is 12.1 Å². The van der Waals surface area contributed by atoms with Gasteiger partial charge < -0.3 is 4.57 Å². The van der Waals surface area contributed by atoms with Gasteiger partial charge in [-0.25, -0.2) is 9.97 Å². The van der Waals surface area contributed by atoms with Gasteiger partial charge in [0.1, 0.15) is 11.3 Å². The van der Waals surface area contributed by atoms with E-state index in [0.29, 0.717) is 5.82 Å². The molecule has 1 unspecified atom stereocenters. The van der Waals surface area contributed by atoms with Gasteiger partial charge in [0.2, 0.25) is 0 Å². The predicted molar refractivity (Wildman–Crippen MR) is 136 cm³/mol. The molecule has 2 aromatic carbocycles. The molecule has 0 saturated carbocycles. The van der Waals surface area contributed by atoms with Crippen LogP contribution >= 0.6 is 0 Å². The molecular formula is C28H27N7. The van der Waals surface area contributed by atoms with Crippen molar-refractivity contribution in [3.63, 3.8) is 0 Å². The Morgan fingerprint density at radius 3 is 2.71 bits per heavy atom. The molecule has 35 heavy (non-hydrogen) atoms. The summed E-state index contributed by atoms with van der Waals surface area (Å²) in [6.07, 6.45) is 1.63. The summed E-state index contributed by atoms with van der Waals surface area (Å²) in [6.45, 7) is 11.4. The molecule has 7 nitrogen and oxygen atoms in total. The van der Waals surface area contributed by atoms with Crippen LogP contribution in [-0.2, 0) is 19.4 Å². The second-order valence-electron chi connectivity index (χ2n) is 9.32. The molecule has 0 amide bonds. The standard InChI is InChI=1S/C28H27N7/c1-5-24-30-26-17(3)12-18(4)29-28(26)35(24)15-19-10-11-22-20(14-19)13-16(2)21-8-6-7-9-23(21)25(22)27-31-33-34-32-27/h6-12,14,25H,2,5,13,15H2,1,3-4H3,(H,31,32,33,34). The molecule has 174 valence electrons. The van der Waals surface area contributed by atoms with Crippen LogP contribution in [-0.4, -0.2) is 35.2 Å². The smallest absolute Gasteiger partial charge is 0.186 e. The SMILES string of the molecule is C=C1Cc2cc(Cn3c(CC)nc4c(C)cc(C)nc43)ccc2C(c2nn[nH]n2)c2ccccc21. The van der Waals surface area contributed by atoms with E-state index in [-0.39, 0.29) is 5.92 Å². The summed E-state index contributed by atoms with van der Waals surface area (Å²) in [4.78, 5) is 9.76. The first-order valence-electron chi connectivity index (χ1n) is 12.0. The number of H-pyrrole nitrogens is 1. The lowest BCUT2D eigenvalue weighted by Gasteiger charge is -2.18. The zero-order valence-corrected chi connectivity index (χ0v) is 20.2. The van der Waals surface area contributed by atoms with Gasteiger partial charge in [-0.3, -0.25) is 0 Å². The normalized spacial score (nSPS) is 15.2. The molecule has 1 aliphatic rings. The summed E-state index contributed by atoms with van der Waals surface area (Å²) in [5.41, 5.74) is 11.2. The molecule has 0 bridgehead atoms. The molecule has 0 spiro atoms. The van der Waals surface area contributed by atoms with Gasteiger partial charge in [-0.1, -0.05) is 61.2 Å². The minimum atomic E-state index is -0.0968. The molecule has 1 atom stereocenters. The summed E-state index contributed by atoms with van der Waals surface area (Å²) in [6, 6.07) is 17.2. The molecular weight excluding hydrogens is 434 g/mol. The number of benzene rings is 2. The van der Waals surface area contributed by atoms with Crippen LogP contribution in [0.5, 0.6) is 0 Å². The highest BCUT2D eigenvalue weighted by molar-refractivity contribution is 5.76. The molecule has 0 saturated heterocycles. The van der Waals surface area contributed by atoms with Crippen molar-refractivity contribution < 1.29 is 0 Å². The molecule has 7 heteroatoms. The van der Waals surface area contributed by atoms with E-state index < -0.39 is 0 Å². The van der Waals surface area contributed by atoms with E-state index >= 15 is 0 Å². The maximum atomic E-state index is 4.91. The third-order valence-corrected chi connectivity index (χ3v) is 6.95. The number of hydrogen-bond acceptors (Lipinski definition) is 5. The van der Waals surface area contributed by atoms with Gasteiger partial charge in [0.15, 0.2) is 11.5 Å². The van der Waals surface area contributed by atoms with Gasteiger partial charge in [0.05, 0.1) is 12.5 Å². The Kier molecular flexibility index (Phi) is 5.06. The monoisotopic (exact) mass is 461 g/mol. The Labute approximate surface area is 204 Å². The Balaban J connectivity index is 1.48. The Bertz CT molecular complexity index is 1580. The molecule has 1 N–H and O–H groups in total. The summed E-state index contributed by atoms with van der Waals surface area (Å²) in [7, 11) is 0. The lowest BCUT2D eigenvalue weighted by atomic mass is 9.87. The number of allylic oxidation sites excluding steroid dienone is 1. The highest BCUT2D eigenvalue weighted by Crippen LogP contribution is 2.41. The number of rotatable bonds is 4. The average Bonchev–Trinajstić information content (AvgIpc) is 3.47. The molecule has 5 aromatic rings. The van der Waals surface area contributed by atoms with Crippen LogP contribution in [0.3, 0.4) is 0 Å². The second kappa shape index (κ2) is 8.27. The first-order valence-corrected chi connectivity index (χ1v) is 12.0. The molecule has 1 aliphatic carbocycles. The Morgan fingerprint density at radius 2 is 1.91 bits per heavy atom. The lowest BCUT2D eigenvalue weighted by molar-refractivity contribution is 0.743.